The standard InChI is InChI=1S/C24H21ClN2O2/c25-20-6-1-4-17(14-20)10-12-24(29)11-2-7-21(16-24)27-23(28)19-8-9-22-18(15-19)5-3-13-26-22/h1,3-6,8-9,13-15,21,29H,2,7,11,16H2,(H,27,28)/t21-,24?/m0/s1. The molecule has 0 saturated heterocycles. The van der Waals surface area contributed by atoms with Crippen LogP contribution in [-0.4, -0.2) is 27.6 Å². The third-order valence-corrected chi connectivity index (χ3v) is 5.43. The molecule has 146 valence electrons. The third-order valence-electron chi connectivity index (χ3n) is 5.19. The van der Waals surface area contributed by atoms with E-state index in [9.17, 15) is 9.90 Å². The van der Waals surface area contributed by atoms with E-state index in [1.807, 2.05) is 36.4 Å². The van der Waals surface area contributed by atoms with Gasteiger partial charge in [-0.1, -0.05) is 35.6 Å². The number of nitrogens with zero attached hydrogens (tertiary/aromatic N) is 1. The molecule has 1 heterocycles. The van der Waals surface area contributed by atoms with Crippen LogP contribution in [0.15, 0.2) is 60.8 Å². The molecule has 1 aliphatic rings. The average Bonchev–Trinajstić information content (AvgIpc) is 2.72. The zero-order valence-corrected chi connectivity index (χ0v) is 16.6. The highest BCUT2D eigenvalue weighted by molar-refractivity contribution is 6.30. The number of aromatic nitrogens is 1. The molecule has 1 amide bonds. The Labute approximate surface area is 174 Å². The Hall–Kier alpha value is -2.87. The Morgan fingerprint density at radius 1 is 1.21 bits per heavy atom. The molecule has 0 spiro atoms. The van der Waals surface area contributed by atoms with E-state index in [0.29, 0.717) is 23.4 Å². The zero-order valence-electron chi connectivity index (χ0n) is 15.9. The maximum absolute atomic E-state index is 12.7. The third kappa shape index (κ3) is 4.76. The number of carbonyl (C=O) groups is 1. The van der Waals surface area contributed by atoms with Crippen molar-refractivity contribution in [3.05, 3.63) is 76.9 Å². The predicted octanol–water partition coefficient (Wildman–Crippen LogP) is 4.34. The van der Waals surface area contributed by atoms with Crippen LogP contribution in [0.4, 0.5) is 0 Å². The highest BCUT2D eigenvalue weighted by Gasteiger charge is 2.33. The zero-order chi connectivity index (χ0) is 20.3. The maximum Gasteiger partial charge on any atom is 0.251 e. The summed E-state index contributed by atoms with van der Waals surface area (Å²) in [6, 6.07) is 16.4. The largest absolute Gasteiger partial charge is 0.378 e. The van der Waals surface area contributed by atoms with Gasteiger partial charge in [-0.05, 0) is 61.7 Å². The van der Waals surface area contributed by atoms with E-state index in [2.05, 4.69) is 22.1 Å². The molecule has 3 aromatic rings. The van der Waals surface area contributed by atoms with Gasteiger partial charge in [0.15, 0.2) is 0 Å². The van der Waals surface area contributed by atoms with Gasteiger partial charge in [0, 0.05) is 40.2 Å². The summed E-state index contributed by atoms with van der Waals surface area (Å²) in [5, 5.41) is 15.5. The lowest BCUT2D eigenvalue weighted by molar-refractivity contribution is 0.0452. The molecule has 2 aromatic carbocycles. The molecule has 4 nitrogen and oxygen atoms in total. The molecule has 2 atom stereocenters. The van der Waals surface area contributed by atoms with Crippen molar-refractivity contribution in [2.24, 2.45) is 0 Å². The summed E-state index contributed by atoms with van der Waals surface area (Å²) in [4.78, 5) is 17.0. The molecule has 2 N–H and O–H groups in total. The van der Waals surface area contributed by atoms with Crippen molar-refractivity contribution in [2.45, 2.75) is 37.3 Å². The number of hydrogen-bond acceptors (Lipinski definition) is 3. The van der Waals surface area contributed by atoms with Crippen molar-refractivity contribution in [2.75, 3.05) is 0 Å². The molecule has 5 heteroatoms. The minimum absolute atomic E-state index is 0.125. The van der Waals surface area contributed by atoms with Crippen LogP contribution in [0.3, 0.4) is 0 Å². The van der Waals surface area contributed by atoms with Gasteiger partial charge in [-0.2, -0.15) is 0 Å². The van der Waals surface area contributed by atoms with Gasteiger partial charge in [-0.15, -0.1) is 0 Å². The van der Waals surface area contributed by atoms with Crippen molar-refractivity contribution in [3.63, 3.8) is 0 Å². The average molecular weight is 405 g/mol. The van der Waals surface area contributed by atoms with E-state index in [1.165, 1.54) is 0 Å². The Bertz CT molecular complexity index is 1120. The van der Waals surface area contributed by atoms with Gasteiger partial charge in [0.25, 0.3) is 5.91 Å². The molecule has 0 aliphatic heterocycles. The minimum Gasteiger partial charge on any atom is -0.378 e. The second-order valence-electron chi connectivity index (χ2n) is 7.47. The number of halogens is 1. The SMILES string of the molecule is O=C(N[C@H]1CCCC(O)(C#Cc2cccc(Cl)c2)C1)c1ccc2ncccc2c1. The van der Waals surface area contributed by atoms with Crippen LogP contribution < -0.4 is 5.32 Å². The van der Waals surface area contributed by atoms with E-state index in [0.717, 1.165) is 29.3 Å². The summed E-state index contributed by atoms with van der Waals surface area (Å²) >= 11 is 5.99. The number of rotatable bonds is 2. The summed E-state index contributed by atoms with van der Waals surface area (Å²) < 4.78 is 0. The fourth-order valence-corrected chi connectivity index (χ4v) is 3.92. The number of pyridine rings is 1. The number of hydrogen-bond donors (Lipinski definition) is 2. The summed E-state index contributed by atoms with van der Waals surface area (Å²) in [6.07, 6.45) is 4.35. The van der Waals surface area contributed by atoms with Crippen LogP contribution in [0.5, 0.6) is 0 Å². The molecular formula is C24H21ClN2O2. The molecule has 1 fully saturated rings. The molecule has 0 radical (unpaired) electrons. The summed E-state index contributed by atoms with van der Waals surface area (Å²) in [5.41, 5.74) is 1.09. The number of amides is 1. The van der Waals surface area contributed by atoms with Crippen LogP contribution >= 0.6 is 11.6 Å². The topological polar surface area (TPSA) is 62.2 Å². The van der Waals surface area contributed by atoms with Gasteiger partial charge in [0.05, 0.1) is 5.52 Å². The van der Waals surface area contributed by atoms with Crippen molar-refractivity contribution in [3.8, 4) is 11.8 Å². The lowest BCUT2D eigenvalue weighted by Gasteiger charge is -2.33. The monoisotopic (exact) mass is 404 g/mol. The Balaban J connectivity index is 1.45. The van der Waals surface area contributed by atoms with Crippen molar-refractivity contribution in [1.82, 2.24) is 10.3 Å². The smallest absolute Gasteiger partial charge is 0.251 e. The first kappa shape index (κ1) is 19.4. The van der Waals surface area contributed by atoms with E-state index >= 15 is 0 Å². The Kier molecular flexibility index (Phi) is 5.53. The number of aliphatic hydroxyl groups is 1. The molecule has 29 heavy (non-hydrogen) atoms. The second-order valence-corrected chi connectivity index (χ2v) is 7.91. The van der Waals surface area contributed by atoms with Gasteiger partial charge >= 0.3 is 0 Å². The summed E-state index contributed by atoms with van der Waals surface area (Å²) in [6.45, 7) is 0. The van der Waals surface area contributed by atoms with Crippen LogP contribution in [0.25, 0.3) is 10.9 Å². The quantitative estimate of drug-likeness (QED) is 0.624. The van der Waals surface area contributed by atoms with Crippen LogP contribution in [0.2, 0.25) is 5.02 Å². The van der Waals surface area contributed by atoms with Gasteiger partial charge in [-0.25, -0.2) is 0 Å². The van der Waals surface area contributed by atoms with Crippen LogP contribution in [-0.2, 0) is 0 Å². The summed E-state index contributed by atoms with van der Waals surface area (Å²) in [5.74, 6) is 5.87. The van der Waals surface area contributed by atoms with E-state index in [-0.39, 0.29) is 11.9 Å². The van der Waals surface area contributed by atoms with Gasteiger partial charge in [-0.3, -0.25) is 9.78 Å². The number of nitrogens with one attached hydrogen (secondary N) is 1. The molecule has 4 rings (SSSR count). The van der Waals surface area contributed by atoms with Gasteiger partial charge in [0.2, 0.25) is 0 Å². The lowest BCUT2D eigenvalue weighted by atomic mass is 9.82. The van der Waals surface area contributed by atoms with Crippen molar-refractivity contribution < 1.29 is 9.90 Å². The maximum atomic E-state index is 12.7. The van der Waals surface area contributed by atoms with Gasteiger partial charge in [0.1, 0.15) is 5.60 Å². The van der Waals surface area contributed by atoms with Crippen molar-refractivity contribution >= 4 is 28.4 Å². The van der Waals surface area contributed by atoms with E-state index in [1.54, 1.807) is 24.4 Å². The first-order chi connectivity index (χ1) is 14.0. The van der Waals surface area contributed by atoms with E-state index < -0.39 is 5.60 Å². The number of carbonyl (C=O) groups excluding carboxylic acids is 1. The number of benzene rings is 2. The van der Waals surface area contributed by atoms with Crippen LogP contribution in [0, 0.1) is 11.8 Å². The van der Waals surface area contributed by atoms with Gasteiger partial charge < -0.3 is 10.4 Å². The molecule has 1 aliphatic carbocycles. The molecule has 1 unspecified atom stereocenters. The lowest BCUT2D eigenvalue weighted by Crippen LogP contribution is -2.45. The minimum atomic E-state index is -1.12. The number of fused-ring (bicyclic) bond motifs is 1. The first-order valence-corrected chi connectivity index (χ1v) is 10.1. The van der Waals surface area contributed by atoms with Crippen LogP contribution in [0.1, 0.15) is 41.6 Å². The fourth-order valence-electron chi connectivity index (χ4n) is 3.73. The highest BCUT2D eigenvalue weighted by atomic mass is 35.5. The first-order valence-electron chi connectivity index (χ1n) is 9.68. The molecule has 0 bridgehead atoms. The predicted molar refractivity (Wildman–Crippen MR) is 115 cm³/mol. The summed E-state index contributed by atoms with van der Waals surface area (Å²) in [7, 11) is 0. The Morgan fingerprint density at radius 3 is 2.97 bits per heavy atom. The molecular weight excluding hydrogens is 384 g/mol. The second kappa shape index (κ2) is 8.24. The van der Waals surface area contributed by atoms with Crippen molar-refractivity contribution in [1.29, 1.82) is 0 Å². The molecule has 1 aromatic heterocycles. The Morgan fingerprint density at radius 2 is 2.10 bits per heavy atom. The molecule has 1 saturated carbocycles. The highest BCUT2D eigenvalue weighted by Crippen LogP contribution is 2.28. The fraction of sp³-hybridized carbons (Fsp3) is 0.250. The van der Waals surface area contributed by atoms with E-state index in [4.69, 9.17) is 11.6 Å². The normalized spacial score (nSPS) is 21.2.